The lowest BCUT2D eigenvalue weighted by Gasteiger charge is -2.26. The molecule has 412 valence electrons. The van der Waals surface area contributed by atoms with Crippen LogP contribution < -0.4 is 5.11 Å². The molecule has 0 aromatic rings. The van der Waals surface area contributed by atoms with Crippen LogP contribution in [-0.4, -0.2) is 82.3 Å². The lowest BCUT2D eigenvalue weighted by molar-refractivity contribution is -0.870. The SMILES string of the molecule is CC/C=C\C/C=C\C/C=C\C/C=C\CCCCCCCCCCCCCCCCCCC(=O)OC(COC(=O)CCCCCCCCC/C=C\CCCCCCCC)COC(OCC[N+](C)(C)C)C(=O)[O-]. The number of carbonyl (C=O) groups excluding carboxylic acids is 3. The predicted molar refractivity (Wildman–Crippen MR) is 297 cm³/mol. The lowest BCUT2D eigenvalue weighted by Crippen LogP contribution is -2.44. The minimum absolute atomic E-state index is 0.147. The molecule has 0 radical (unpaired) electrons. The number of aliphatic carboxylic acids is 1. The summed E-state index contributed by atoms with van der Waals surface area (Å²) >= 11 is 0. The van der Waals surface area contributed by atoms with Crippen LogP contribution in [0.5, 0.6) is 0 Å². The van der Waals surface area contributed by atoms with Crippen molar-refractivity contribution in [1.29, 1.82) is 0 Å². The summed E-state index contributed by atoms with van der Waals surface area (Å²) in [4.78, 5) is 37.3. The highest BCUT2D eigenvalue weighted by Crippen LogP contribution is 2.16. The predicted octanol–water partition coefficient (Wildman–Crippen LogP) is 15.9. The van der Waals surface area contributed by atoms with E-state index in [9.17, 15) is 19.5 Å². The molecule has 0 aliphatic carbocycles. The monoisotopic (exact) mass is 998 g/mol. The Morgan fingerprint density at radius 2 is 0.803 bits per heavy atom. The molecule has 0 aliphatic rings. The highest BCUT2D eigenvalue weighted by atomic mass is 16.7. The fourth-order valence-corrected chi connectivity index (χ4v) is 8.23. The highest BCUT2D eigenvalue weighted by Gasteiger charge is 2.22. The van der Waals surface area contributed by atoms with Gasteiger partial charge in [0, 0.05) is 12.8 Å². The Morgan fingerprint density at radius 1 is 0.437 bits per heavy atom. The van der Waals surface area contributed by atoms with Gasteiger partial charge in [-0.1, -0.05) is 229 Å². The first-order valence-corrected chi connectivity index (χ1v) is 29.4. The van der Waals surface area contributed by atoms with E-state index in [1.165, 1.54) is 161 Å². The van der Waals surface area contributed by atoms with Crippen molar-refractivity contribution in [3.8, 4) is 0 Å². The van der Waals surface area contributed by atoms with Crippen molar-refractivity contribution < 1.29 is 42.9 Å². The zero-order valence-electron chi connectivity index (χ0n) is 46.8. The van der Waals surface area contributed by atoms with Crippen LogP contribution in [0.15, 0.2) is 60.8 Å². The van der Waals surface area contributed by atoms with E-state index in [-0.39, 0.29) is 38.6 Å². The number of likely N-dealkylation sites (N-methyl/N-ethyl adjacent to an activating group) is 1. The van der Waals surface area contributed by atoms with Crippen molar-refractivity contribution in [2.75, 3.05) is 47.5 Å². The van der Waals surface area contributed by atoms with E-state index in [4.69, 9.17) is 18.9 Å². The van der Waals surface area contributed by atoms with Crippen LogP contribution in [0.3, 0.4) is 0 Å². The molecule has 9 heteroatoms. The summed E-state index contributed by atoms with van der Waals surface area (Å²) in [7, 11) is 5.92. The molecule has 0 heterocycles. The van der Waals surface area contributed by atoms with Gasteiger partial charge in [-0.3, -0.25) is 9.59 Å². The van der Waals surface area contributed by atoms with Crippen LogP contribution in [0, 0.1) is 0 Å². The van der Waals surface area contributed by atoms with Crippen LogP contribution in [0.2, 0.25) is 0 Å². The number of ether oxygens (including phenoxy) is 4. The van der Waals surface area contributed by atoms with Crippen molar-refractivity contribution in [1.82, 2.24) is 0 Å². The number of hydrogen-bond donors (Lipinski definition) is 0. The highest BCUT2D eigenvalue weighted by molar-refractivity contribution is 5.70. The zero-order chi connectivity index (χ0) is 52.0. The quantitative estimate of drug-likeness (QED) is 0.0195. The fraction of sp³-hybridized carbons (Fsp3) is 0.790. The van der Waals surface area contributed by atoms with E-state index in [1.54, 1.807) is 0 Å². The molecule has 0 aliphatic heterocycles. The van der Waals surface area contributed by atoms with Crippen molar-refractivity contribution >= 4 is 17.9 Å². The van der Waals surface area contributed by atoms with Gasteiger partial charge in [0.2, 0.25) is 0 Å². The first kappa shape index (κ1) is 68.0. The van der Waals surface area contributed by atoms with Crippen molar-refractivity contribution in [3.05, 3.63) is 60.8 Å². The van der Waals surface area contributed by atoms with Gasteiger partial charge in [-0.2, -0.15) is 0 Å². The number of quaternary nitrogens is 1. The molecule has 71 heavy (non-hydrogen) atoms. The normalized spacial score (nSPS) is 13.2. The smallest absolute Gasteiger partial charge is 0.306 e. The number of rotatable bonds is 54. The number of allylic oxidation sites excluding steroid dienone is 10. The molecule has 0 saturated carbocycles. The first-order valence-electron chi connectivity index (χ1n) is 29.4. The van der Waals surface area contributed by atoms with E-state index in [2.05, 4.69) is 74.6 Å². The van der Waals surface area contributed by atoms with Crippen LogP contribution in [0.25, 0.3) is 0 Å². The topological polar surface area (TPSA) is 111 Å². The summed E-state index contributed by atoms with van der Waals surface area (Å²) < 4.78 is 22.7. The third kappa shape index (κ3) is 54.6. The van der Waals surface area contributed by atoms with Crippen molar-refractivity contribution in [2.24, 2.45) is 0 Å². The maximum Gasteiger partial charge on any atom is 0.306 e. The molecule has 0 amide bonds. The maximum absolute atomic E-state index is 12.9. The van der Waals surface area contributed by atoms with Crippen molar-refractivity contribution in [3.63, 3.8) is 0 Å². The second-order valence-corrected chi connectivity index (χ2v) is 20.9. The number of nitrogens with zero attached hydrogens (tertiary/aromatic N) is 1. The lowest BCUT2D eigenvalue weighted by atomic mass is 10.0. The largest absolute Gasteiger partial charge is 0.545 e. The molecule has 0 aromatic carbocycles. The average Bonchev–Trinajstić information content (AvgIpc) is 3.34. The Hall–Kier alpha value is -3.01. The number of hydrogen-bond acceptors (Lipinski definition) is 8. The maximum atomic E-state index is 12.9. The van der Waals surface area contributed by atoms with Gasteiger partial charge in [0.05, 0.1) is 40.3 Å². The summed E-state index contributed by atoms with van der Waals surface area (Å²) in [6, 6.07) is 0. The minimum Gasteiger partial charge on any atom is -0.545 e. The average molecular weight is 999 g/mol. The van der Waals surface area contributed by atoms with Gasteiger partial charge in [0.15, 0.2) is 12.4 Å². The van der Waals surface area contributed by atoms with Crippen molar-refractivity contribution in [2.45, 2.75) is 270 Å². The van der Waals surface area contributed by atoms with Crippen LogP contribution >= 0.6 is 0 Å². The Balaban J connectivity index is 4.18. The molecule has 2 atom stereocenters. The van der Waals surface area contributed by atoms with Gasteiger partial charge in [0.1, 0.15) is 13.2 Å². The van der Waals surface area contributed by atoms with Crippen LogP contribution in [0.1, 0.15) is 258 Å². The summed E-state index contributed by atoms with van der Waals surface area (Å²) in [5.74, 6) is -2.28. The molecule has 0 spiro atoms. The molecular weight excluding hydrogens is 887 g/mol. The molecule has 0 fully saturated rings. The van der Waals surface area contributed by atoms with E-state index >= 15 is 0 Å². The van der Waals surface area contributed by atoms with E-state index in [0.717, 1.165) is 64.2 Å². The minimum atomic E-state index is -1.62. The van der Waals surface area contributed by atoms with Crippen LogP contribution in [-0.2, 0) is 33.3 Å². The molecular formula is C62H111NO8. The molecule has 2 unspecified atom stereocenters. The molecule has 0 rings (SSSR count). The molecule has 0 bridgehead atoms. The standard InChI is InChI=1S/C62H111NO8/c1-6-8-10-12-14-16-18-20-22-24-25-26-27-28-29-30-31-32-33-34-35-37-39-41-43-45-47-49-51-53-60(65)71-58(57-70-62(61(66)67)68-55-54-63(3,4)5)56-69-59(64)52-50-48-46-44-42-40-38-36-23-21-19-17-15-13-11-9-7-2/h8,10,14,16,20-23,25-26,58,62H,6-7,9,11-13,15,17-19,24,27-57H2,1-5H3/b10-8-,16-14-,22-20-,23-21-,26-25-. The summed E-state index contributed by atoms with van der Waals surface area (Å²) in [6.07, 6.45) is 64.1. The van der Waals surface area contributed by atoms with Gasteiger partial charge in [0.25, 0.3) is 0 Å². The van der Waals surface area contributed by atoms with Crippen LogP contribution in [0.4, 0.5) is 0 Å². The second kappa shape index (κ2) is 53.3. The third-order valence-electron chi connectivity index (χ3n) is 12.7. The van der Waals surface area contributed by atoms with E-state index < -0.39 is 24.3 Å². The molecule has 0 aromatic heterocycles. The van der Waals surface area contributed by atoms with Gasteiger partial charge >= 0.3 is 11.9 Å². The number of esters is 2. The Morgan fingerprint density at radius 3 is 1.21 bits per heavy atom. The van der Waals surface area contributed by atoms with Gasteiger partial charge in [-0.05, 0) is 77.0 Å². The number of carbonyl (C=O) groups is 3. The fourth-order valence-electron chi connectivity index (χ4n) is 8.23. The number of carboxylic acid groups (broad SMARTS) is 1. The Bertz CT molecular complexity index is 1350. The first-order chi connectivity index (χ1) is 34.6. The van der Waals surface area contributed by atoms with E-state index in [1.807, 2.05) is 21.1 Å². The van der Waals surface area contributed by atoms with Gasteiger partial charge < -0.3 is 33.3 Å². The second-order valence-electron chi connectivity index (χ2n) is 20.9. The summed E-state index contributed by atoms with van der Waals surface area (Å²) in [6.45, 7) is 4.65. The number of carboxylic acids is 1. The Kier molecular flexibility index (Phi) is 51.0. The van der Waals surface area contributed by atoms with Gasteiger partial charge in [-0.25, -0.2) is 0 Å². The van der Waals surface area contributed by atoms with Gasteiger partial charge in [-0.15, -0.1) is 0 Å². The molecule has 0 N–H and O–H groups in total. The third-order valence-corrected chi connectivity index (χ3v) is 12.7. The summed E-state index contributed by atoms with van der Waals surface area (Å²) in [5, 5.41) is 11.8. The zero-order valence-corrected chi connectivity index (χ0v) is 46.8. The summed E-state index contributed by atoms with van der Waals surface area (Å²) in [5.41, 5.74) is 0. The van der Waals surface area contributed by atoms with E-state index in [0.29, 0.717) is 17.4 Å². The Labute approximate surface area is 437 Å². The number of unbranched alkanes of at least 4 members (excludes halogenated alkanes) is 29. The molecule has 0 saturated heterocycles. The molecule has 9 nitrogen and oxygen atoms in total.